The number of hydrogen-bond acceptors (Lipinski definition) is 4. The van der Waals surface area contributed by atoms with E-state index in [1.807, 2.05) is 37.3 Å². The Morgan fingerprint density at radius 3 is 2.52 bits per heavy atom. The minimum absolute atomic E-state index is 0.114. The van der Waals surface area contributed by atoms with Crippen LogP contribution in [0.2, 0.25) is 0 Å². The second kappa shape index (κ2) is 7.72. The van der Waals surface area contributed by atoms with Crippen LogP contribution in [0.1, 0.15) is 37.1 Å². The Morgan fingerprint density at radius 1 is 1.22 bits per heavy atom. The van der Waals surface area contributed by atoms with E-state index >= 15 is 0 Å². The summed E-state index contributed by atoms with van der Waals surface area (Å²) in [6.07, 6.45) is 0. The second-order valence-electron chi connectivity index (χ2n) is 5.85. The van der Waals surface area contributed by atoms with E-state index in [0.29, 0.717) is 29.8 Å². The van der Waals surface area contributed by atoms with Gasteiger partial charge in [0.2, 0.25) is 0 Å². The van der Waals surface area contributed by atoms with Gasteiger partial charge < -0.3 is 10.2 Å². The fourth-order valence-electron chi connectivity index (χ4n) is 2.27. The summed E-state index contributed by atoms with van der Waals surface area (Å²) in [4.78, 5) is 23.2. The molecule has 0 aliphatic rings. The monoisotopic (exact) mass is 312 g/mol. The maximum Gasteiger partial charge on any atom is 0.277 e. The number of carbonyl (C=O) groups is 1. The highest BCUT2D eigenvalue weighted by Gasteiger charge is 2.18. The Hall–Kier alpha value is -2.43. The molecule has 5 nitrogen and oxygen atoms in total. The molecule has 2 aromatic rings. The van der Waals surface area contributed by atoms with Gasteiger partial charge in [-0.05, 0) is 31.9 Å². The molecular formula is C18H24N4O. The lowest BCUT2D eigenvalue weighted by atomic mass is 10.2. The SMILES string of the molecule is CCN(C(=O)c1cc(NCC(C)C)nc(C)n1)c1ccccc1. The van der Waals surface area contributed by atoms with Crippen molar-refractivity contribution in [2.75, 3.05) is 23.3 Å². The molecule has 1 aromatic heterocycles. The zero-order valence-corrected chi connectivity index (χ0v) is 14.2. The number of hydrogen-bond donors (Lipinski definition) is 1. The number of para-hydroxylation sites is 1. The van der Waals surface area contributed by atoms with Gasteiger partial charge in [-0.3, -0.25) is 4.79 Å². The lowest BCUT2D eigenvalue weighted by Gasteiger charge is -2.21. The van der Waals surface area contributed by atoms with E-state index in [9.17, 15) is 4.79 Å². The number of amides is 1. The zero-order valence-electron chi connectivity index (χ0n) is 14.2. The maximum atomic E-state index is 12.8. The Balaban J connectivity index is 2.27. The summed E-state index contributed by atoms with van der Waals surface area (Å²) in [6.45, 7) is 9.40. The van der Waals surface area contributed by atoms with Crippen molar-refractivity contribution in [3.63, 3.8) is 0 Å². The number of benzene rings is 1. The fourth-order valence-corrected chi connectivity index (χ4v) is 2.27. The van der Waals surface area contributed by atoms with Crippen molar-refractivity contribution in [3.05, 3.63) is 47.9 Å². The summed E-state index contributed by atoms with van der Waals surface area (Å²) >= 11 is 0. The fraction of sp³-hybridized carbons (Fsp3) is 0.389. The van der Waals surface area contributed by atoms with Crippen molar-refractivity contribution in [2.45, 2.75) is 27.7 Å². The molecule has 0 fully saturated rings. The van der Waals surface area contributed by atoms with Crippen LogP contribution in [-0.4, -0.2) is 29.0 Å². The summed E-state index contributed by atoms with van der Waals surface area (Å²) in [5.74, 6) is 1.67. The van der Waals surface area contributed by atoms with E-state index in [1.165, 1.54) is 0 Å². The molecule has 23 heavy (non-hydrogen) atoms. The van der Waals surface area contributed by atoms with Crippen LogP contribution in [0.4, 0.5) is 11.5 Å². The molecule has 122 valence electrons. The first-order valence-electron chi connectivity index (χ1n) is 7.97. The van der Waals surface area contributed by atoms with Gasteiger partial charge in [0.1, 0.15) is 17.3 Å². The lowest BCUT2D eigenvalue weighted by molar-refractivity contribution is 0.0983. The first kappa shape index (κ1) is 16.9. The largest absolute Gasteiger partial charge is 0.370 e. The third-order valence-electron chi connectivity index (χ3n) is 3.38. The number of nitrogens with one attached hydrogen (secondary N) is 1. The molecule has 0 atom stereocenters. The average Bonchev–Trinajstić information content (AvgIpc) is 2.54. The van der Waals surface area contributed by atoms with Crippen LogP contribution >= 0.6 is 0 Å². The molecule has 0 saturated carbocycles. The van der Waals surface area contributed by atoms with E-state index in [-0.39, 0.29) is 5.91 Å². The molecule has 0 unspecified atom stereocenters. The summed E-state index contributed by atoms with van der Waals surface area (Å²) in [5, 5.41) is 3.26. The number of aromatic nitrogens is 2. The van der Waals surface area contributed by atoms with E-state index in [4.69, 9.17) is 0 Å². The second-order valence-corrected chi connectivity index (χ2v) is 5.85. The number of nitrogens with zero attached hydrogens (tertiary/aromatic N) is 3. The van der Waals surface area contributed by atoms with Gasteiger partial charge in [-0.2, -0.15) is 0 Å². The molecule has 2 rings (SSSR count). The van der Waals surface area contributed by atoms with Crippen molar-refractivity contribution in [1.29, 1.82) is 0 Å². The minimum atomic E-state index is -0.114. The van der Waals surface area contributed by atoms with Crippen molar-refractivity contribution in [2.24, 2.45) is 5.92 Å². The van der Waals surface area contributed by atoms with Gasteiger partial charge in [-0.15, -0.1) is 0 Å². The van der Waals surface area contributed by atoms with Gasteiger partial charge in [0, 0.05) is 24.8 Å². The van der Waals surface area contributed by atoms with E-state index < -0.39 is 0 Å². The molecule has 0 aliphatic carbocycles. The first-order valence-corrected chi connectivity index (χ1v) is 7.97. The summed E-state index contributed by atoms with van der Waals surface area (Å²) in [6, 6.07) is 11.4. The molecule has 5 heteroatoms. The minimum Gasteiger partial charge on any atom is -0.370 e. The van der Waals surface area contributed by atoms with Gasteiger partial charge in [0.15, 0.2) is 0 Å². The van der Waals surface area contributed by atoms with Crippen molar-refractivity contribution in [3.8, 4) is 0 Å². The smallest absolute Gasteiger partial charge is 0.277 e. The van der Waals surface area contributed by atoms with Gasteiger partial charge in [0.25, 0.3) is 5.91 Å². The van der Waals surface area contributed by atoms with Crippen LogP contribution in [0.5, 0.6) is 0 Å². The van der Waals surface area contributed by atoms with Crippen LogP contribution < -0.4 is 10.2 Å². The molecule has 0 spiro atoms. The predicted octanol–water partition coefficient (Wildman–Crippen LogP) is 3.52. The molecule has 0 radical (unpaired) electrons. The molecule has 0 aliphatic heterocycles. The third kappa shape index (κ3) is 4.52. The van der Waals surface area contributed by atoms with Crippen LogP contribution in [0.25, 0.3) is 0 Å². The molecule has 1 N–H and O–H groups in total. The van der Waals surface area contributed by atoms with Crippen molar-refractivity contribution in [1.82, 2.24) is 9.97 Å². The van der Waals surface area contributed by atoms with Crippen LogP contribution in [0.3, 0.4) is 0 Å². The Labute approximate surface area is 137 Å². The van der Waals surface area contributed by atoms with Gasteiger partial charge >= 0.3 is 0 Å². The summed E-state index contributed by atoms with van der Waals surface area (Å²) < 4.78 is 0. The quantitative estimate of drug-likeness (QED) is 0.886. The molecule has 0 bridgehead atoms. The first-order chi connectivity index (χ1) is 11.0. The number of aryl methyl sites for hydroxylation is 1. The zero-order chi connectivity index (χ0) is 16.8. The average molecular weight is 312 g/mol. The maximum absolute atomic E-state index is 12.8. The van der Waals surface area contributed by atoms with E-state index in [2.05, 4.69) is 29.1 Å². The Kier molecular flexibility index (Phi) is 5.68. The Morgan fingerprint density at radius 2 is 1.91 bits per heavy atom. The molecule has 0 saturated heterocycles. The molecule has 1 aromatic carbocycles. The number of anilines is 2. The number of rotatable bonds is 6. The van der Waals surface area contributed by atoms with Gasteiger partial charge in [-0.25, -0.2) is 9.97 Å². The van der Waals surface area contributed by atoms with E-state index in [1.54, 1.807) is 17.9 Å². The highest BCUT2D eigenvalue weighted by Crippen LogP contribution is 2.17. The van der Waals surface area contributed by atoms with Gasteiger partial charge in [0.05, 0.1) is 0 Å². The van der Waals surface area contributed by atoms with Crippen LogP contribution in [0.15, 0.2) is 36.4 Å². The summed E-state index contributed by atoms with van der Waals surface area (Å²) in [5.41, 5.74) is 1.28. The molecular weight excluding hydrogens is 288 g/mol. The van der Waals surface area contributed by atoms with Crippen molar-refractivity contribution < 1.29 is 4.79 Å². The highest BCUT2D eigenvalue weighted by molar-refractivity contribution is 6.05. The highest BCUT2D eigenvalue weighted by atomic mass is 16.2. The normalized spacial score (nSPS) is 10.7. The van der Waals surface area contributed by atoms with Crippen LogP contribution in [-0.2, 0) is 0 Å². The number of carbonyl (C=O) groups excluding carboxylic acids is 1. The Bertz CT molecular complexity index is 655. The van der Waals surface area contributed by atoms with Crippen molar-refractivity contribution >= 4 is 17.4 Å². The molecule has 1 amide bonds. The van der Waals surface area contributed by atoms with Gasteiger partial charge in [-0.1, -0.05) is 32.0 Å². The third-order valence-corrected chi connectivity index (χ3v) is 3.38. The lowest BCUT2D eigenvalue weighted by Crippen LogP contribution is -2.31. The van der Waals surface area contributed by atoms with Crippen LogP contribution in [0, 0.1) is 12.8 Å². The standard InChI is InChI=1S/C18H24N4O/c1-5-22(15-9-7-6-8-10-15)18(23)16-11-17(19-12-13(2)3)21-14(4)20-16/h6-11,13H,5,12H2,1-4H3,(H,19,20,21). The summed E-state index contributed by atoms with van der Waals surface area (Å²) in [7, 11) is 0. The molecule has 1 heterocycles. The predicted molar refractivity (Wildman–Crippen MR) is 93.9 cm³/mol. The topological polar surface area (TPSA) is 58.1 Å². The van der Waals surface area contributed by atoms with E-state index in [0.717, 1.165) is 12.2 Å².